The van der Waals surface area contributed by atoms with Crippen molar-refractivity contribution < 1.29 is 0 Å². The average molecular weight is 157 g/mol. The molecule has 0 bridgehead atoms. The van der Waals surface area contributed by atoms with E-state index in [4.69, 9.17) is 11.6 Å². The highest BCUT2D eigenvalue weighted by Crippen LogP contribution is 2.16. The van der Waals surface area contributed by atoms with Crippen molar-refractivity contribution in [2.45, 2.75) is 6.92 Å². The third-order valence-electron chi connectivity index (χ3n) is 1.45. The van der Waals surface area contributed by atoms with Crippen molar-refractivity contribution in [3.05, 3.63) is 16.9 Å². The van der Waals surface area contributed by atoms with Crippen LogP contribution in [0.25, 0.3) is 5.52 Å². The van der Waals surface area contributed by atoms with Gasteiger partial charge in [-0.3, -0.25) is 0 Å². The molecule has 0 aliphatic heterocycles. The zero-order chi connectivity index (χ0) is 7.14. The smallest absolute Gasteiger partial charge is 0.156 e. The summed E-state index contributed by atoms with van der Waals surface area (Å²) in [7, 11) is 0. The van der Waals surface area contributed by atoms with E-state index < -0.39 is 0 Å². The maximum atomic E-state index is 5.71. The van der Waals surface area contributed by atoms with Gasteiger partial charge < -0.3 is 0 Å². The summed E-state index contributed by atoms with van der Waals surface area (Å²) in [6, 6.07) is 0. The van der Waals surface area contributed by atoms with Crippen molar-refractivity contribution >= 4 is 17.1 Å². The first-order valence-corrected chi connectivity index (χ1v) is 3.21. The summed E-state index contributed by atoms with van der Waals surface area (Å²) in [6.45, 7) is 1.90. The van der Waals surface area contributed by atoms with Crippen LogP contribution in [0.15, 0.2) is 6.20 Å². The van der Waals surface area contributed by atoms with Crippen LogP contribution in [0.4, 0.5) is 0 Å². The van der Waals surface area contributed by atoms with Crippen molar-refractivity contribution in [1.82, 2.24) is 20.0 Å². The molecule has 0 amide bonds. The molecule has 0 aliphatic carbocycles. The number of aromatic nitrogens is 4. The molecule has 0 saturated carbocycles. The number of hydrogen-bond acceptors (Lipinski definition) is 2. The molecule has 0 fully saturated rings. The van der Waals surface area contributed by atoms with Crippen LogP contribution < -0.4 is 0 Å². The van der Waals surface area contributed by atoms with Crippen LogP contribution in [0, 0.1) is 6.92 Å². The van der Waals surface area contributed by atoms with Gasteiger partial charge in [0.25, 0.3) is 0 Å². The van der Waals surface area contributed by atoms with Gasteiger partial charge in [-0.15, -0.1) is 5.10 Å². The van der Waals surface area contributed by atoms with Gasteiger partial charge >= 0.3 is 0 Å². The molecule has 52 valence electrons. The van der Waals surface area contributed by atoms with E-state index in [1.54, 1.807) is 6.20 Å². The van der Waals surface area contributed by atoms with Crippen LogP contribution >= 0.6 is 11.6 Å². The Morgan fingerprint density at radius 2 is 2.50 bits per heavy atom. The molecule has 0 aromatic carbocycles. The Kier molecular flexibility index (Phi) is 0.990. The number of halogens is 1. The maximum Gasteiger partial charge on any atom is 0.156 e. The van der Waals surface area contributed by atoms with Crippen LogP contribution in [0.2, 0.25) is 5.15 Å². The number of aromatic amines is 1. The van der Waals surface area contributed by atoms with Gasteiger partial charge in [-0.2, -0.15) is 14.9 Å². The van der Waals surface area contributed by atoms with Gasteiger partial charge in [-0.05, 0) is 6.92 Å². The van der Waals surface area contributed by atoms with Gasteiger partial charge in [0.15, 0.2) is 5.15 Å². The summed E-state index contributed by atoms with van der Waals surface area (Å²) in [5.41, 5.74) is 1.88. The molecule has 2 rings (SSSR count). The Balaban J connectivity index is 2.95. The lowest BCUT2D eigenvalue weighted by atomic mass is 10.3. The van der Waals surface area contributed by atoms with E-state index in [-0.39, 0.29) is 0 Å². The fourth-order valence-electron chi connectivity index (χ4n) is 0.854. The van der Waals surface area contributed by atoms with Crippen molar-refractivity contribution in [2.75, 3.05) is 0 Å². The first-order chi connectivity index (χ1) is 4.79. The van der Waals surface area contributed by atoms with E-state index in [0.717, 1.165) is 11.1 Å². The van der Waals surface area contributed by atoms with Crippen LogP contribution in [-0.2, 0) is 0 Å². The van der Waals surface area contributed by atoms with E-state index in [9.17, 15) is 0 Å². The first-order valence-electron chi connectivity index (χ1n) is 2.83. The van der Waals surface area contributed by atoms with Crippen molar-refractivity contribution in [2.24, 2.45) is 0 Å². The van der Waals surface area contributed by atoms with E-state index in [1.807, 2.05) is 6.92 Å². The van der Waals surface area contributed by atoms with Gasteiger partial charge in [-0.1, -0.05) is 11.6 Å². The maximum absolute atomic E-state index is 5.71. The molecule has 0 atom stereocenters. The quantitative estimate of drug-likeness (QED) is 0.619. The lowest BCUT2D eigenvalue weighted by molar-refractivity contribution is 0.757. The lowest BCUT2D eigenvalue weighted by Crippen LogP contribution is -1.84. The van der Waals surface area contributed by atoms with Gasteiger partial charge in [0.1, 0.15) is 5.52 Å². The van der Waals surface area contributed by atoms with Gasteiger partial charge in [0.2, 0.25) is 0 Å². The van der Waals surface area contributed by atoms with Crippen molar-refractivity contribution in [3.8, 4) is 0 Å². The highest BCUT2D eigenvalue weighted by molar-refractivity contribution is 6.30. The molecule has 2 aromatic rings. The second kappa shape index (κ2) is 1.73. The third kappa shape index (κ3) is 0.565. The zero-order valence-corrected chi connectivity index (χ0v) is 6.05. The lowest BCUT2D eigenvalue weighted by Gasteiger charge is -1.77. The summed E-state index contributed by atoms with van der Waals surface area (Å²) < 4.78 is 1.54. The normalized spacial score (nSPS) is 11.0. The Labute approximate surface area is 61.8 Å². The fourth-order valence-corrected chi connectivity index (χ4v) is 1.03. The van der Waals surface area contributed by atoms with Gasteiger partial charge in [0.05, 0.1) is 6.20 Å². The third-order valence-corrected chi connectivity index (χ3v) is 1.81. The second-order valence-electron chi connectivity index (χ2n) is 2.07. The molecule has 2 aromatic heterocycles. The molecule has 10 heavy (non-hydrogen) atoms. The Morgan fingerprint density at radius 1 is 1.70 bits per heavy atom. The second-order valence-corrected chi connectivity index (χ2v) is 2.43. The minimum Gasteiger partial charge on any atom is -0.197 e. The van der Waals surface area contributed by atoms with Gasteiger partial charge in [-0.25, -0.2) is 0 Å². The van der Waals surface area contributed by atoms with Crippen LogP contribution in [-0.4, -0.2) is 20.0 Å². The van der Waals surface area contributed by atoms with Crippen LogP contribution in [0.3, 0.4) is 0 Å². The summed E-state index contributed by atoms with van der Waals surface area (Å²) in [5, 5.41) is 10.9. The standard InChI is InChI=1S/C5H5ClN4/c1-3-4-2-7-9-10(4)8-5(3)6/h2,9H,1H3. The summed E-state index contributed by atoms with van der Waals surface area (Å²) in [6.07, 6.45) is 1.69. The molecular formula is C5H5ClN4. The molecule has 0 unspecified atom stereocenters. The first kappa shape index (κ1) is 5.73. The zero-order valence-electron chi connectivity index (χ0n) is 5.30. The molecule has 1 N–H and O–H groups in total. The van der Waals surface area contributed by atoms with Crippen LogP contribution in [0.5, 0.6) is 0 Å². The van der Waals surface area contributed by atoms with E-state index in [2.05, 4.69) is 15.4 Å². The van der Waals surface area contributed by atoms with Gasteiger partial charge in [0, 0.05) is 5.56 Å². The fraction of sp³-hybridized carbons (Fsp3) is 0.200. The van der Waals surface area contributed by atoms with E-state index in [1.165, 1.54) is 4.63 Å². The molecule has 5 heteroatoms. The number of H-pyrrole nitrogens is 1. The Bertz CT molecular complexity index is 360. The molecular weight excluding hydrogens is 152 g/mol. The minimum atomic E-state index is 0.522. The SMILES string of the molecule is Cc1c(Cl)nn2[nH]ncc12. The van der Waals surface area contributed by atoms with Crippen molar-refractivity contribution in [3.63, 3.8) is 0 Å². The number of rotatable bonds is 0. The predicted octanol–water partition coefficient (Wildman–Crippen LogP) is 1.02. The number of hydrogen-bond donors (Lipinski definition) is 1. The number of nitrogens with one attached hydrogen (secondary N) is 1. The highest BCUT2D eigenvalue weighted by atomic mass is 35.5. The number of fused-ring (bicyclic) bond motifs is 1. The molecule has 2 heterocycles. The minimum absolute atomic E-state index is 0.522. The monoisotopic (exact) mass is 156 g/mol. The average Bonchev–Trinajstić information content (AvgIpc) is 2.41. The van der Waals surface area contributed by atoms with Crippen molar-refractivity contribution in [1.29, 1.82) is 0 Å². The summed E-state index contributed by atoms with van der Waals surface area (Å²) in [5.74, 6) is 0. The number of nitrogens with zero attached hydrogens (tertiary/aromatic N) is 3. The van der Waals surface area contributed by atoms with E-state index in [0.29, 0.717) is 5.15 Å². The predicted molar refractivity (Wildman–Crippen MR) is 37.1 cm³/mol. The summed E-state index contributed by atoms with van der Waals surface area (Å²) >= 11 is 5.71. The summed E-state index contributed by atoms with van der Waals surface area (Å²) in [4.78, 5) is 0. The topological polar surface area (TPSA) is 46.0 Å². The van der Waals surface area contributed by atoms with E-state index >= 15 is 0 Å². The Morgan fingerprint density at radius 3 is 3.20 bits per heavy atom. The molecule has 0 spiro atoms. The van der Waals surface area contributed by atoms with Crippen LogP contribution in [0.1, 0.15) is 5.56 Å². The largest absolute Gasteiger partial charge is 0.197 e. The Hall–Kier alpha value is -1.03. The molecule has 0 aliphatic rings. The molecule has 0 saturated heterocycles. The highest BCUT2D eigenvalue weighted by Gasteiger charge is 2.05. The molecule has 0 radical (unpaired) electrons. The molecule has 4 nitrogen and oxygen atoms in total. The number of aryl methyl sites for hydroxylation is 1.